The number of likely N-dealkylation sites (tertiary alicyclic amines) is 1. The number of aryl methyl sites for hydroxylation is 1. The second kappa shape index (κ2) is 8.57. The van der Waals surface area contributed by atoms with E-state index in [4.69, 9.17) is 0 Å². The Bertz CT molecular complexity index is 1220. The van der Waals surface area contributed by atoms with Gasteiger partial charge >= 0.3 is 0 Å². The van der Waals surface area contributed by atoms with Crippen LogP contribution in [-0.4, -0.2) is 36.9 Å². The maximum Gasteiger partial charge on any atom is 0.285 e. The van der Waals surface area contributed by atoms with E-state index in [9.17, 15) is 13.2 Å². The third kappa shape index (κ3) is 4.55. The van der Waals surface area contributed by atoms with E-state index < -0.39 is 10.0 Å². The molecule has 1 saturated heterocycles. The highest BCUT2D eigenvalue weighted by atomic mass is 32.2. The predicted molar refractivity (Wildman–Crippen MR) is 117 cm³/mol. The third-order valence-corrected chi connectivity index (χ3v) is 7.29. The number of nitrogens with zero attached hydrogens (tertiary/aromatic N) is 3. The maximum absolute atomic E-state index is 12.7. The van der Waals surface area contributed by atoms with E-state index in [-0.39, 0.29) is 10.8 Å². The van der Waals surface area contributed by atoms with Gasteiger partial charge in [-0.1, -0.05) is 29.8 Å². The Hall–Kier alpha value is -2.71. The lowest BCUT2D eigenvalue weighted by atomic mass is 10.1. The van der Waals surface area contributed by atoms with Crippen molar-refractivity contribution in [3.63, 3.8) is 0 Å². The number of carbonyl (C=O) groups is 1. The monoisotopic (exact) mass is 441 g/mol. The molecule has 1 fully saturated rings. The van der Waals surface area contributed by atoms with Gasteiger partial charge in [0.05, 0.1) is 4.90 Å². The normalized spacial score (nSPS) is 15.0. The van der Waals surface area contributed by atoms with E-state index >= 15 is 0 Å². The summed E-state index contributed by atoms with van der Waals surface area (Å²) in [5.74, 6) is 0.0523. The highest BCUT2D eigenvalue weighted by Crippen LogP contribution is 2.15. The number of hydrogen-bond acceptors (Lipinski definition) is 4. The van der Waals surface area contributed by atoms with Crippen LogP contribution in [0.5, 0.6) is 0 Å². The number of hydrogen-bond donors (Lipinski definition) is 0. The number of benzene rings is 2. The van der Waals surface area contributed by atoms with Gasteiger partial charge in [-0.15, -0.1) is 15.7 Å². The van der Waals surface area contributed by atoms with Gasteiger partial charge < -0.3 is 9.47 Å². The minimum absolute atomic E-state index is 0.0523. The number of amides is 1. The minimum atomic E-state index is -3.79. The van der Waals surface area contributed by atoms with Crippen molar-refractivity contribution in [2.75, 3.05) is 13.1 Å². The first kappa shape index (κ1) is 20.6. The predicted octanol–water partition coefficient (Wildman–Crippen LogP) is 3.43. The Kier molecular flexibility index (Phi) is 5.87. The zero-order valence-corrected chi connectivity index (χ0v) is 18.3. The van der Waals surface area contributed by atoms with E-state index in [1.807, 2.05) is 47.7 Å². The van der Waals surface area contributed by atoms with Crippen LogP contribution in [0.15, 0.2) is 69.4 Å². The van der Waals surface area contributed by atoms with Crippen LogP contribution in [0.4, 0.5) is 0 Å². The Morgan fingerprint density at radius 3 is 2.57 bits per heavy atom. The van der Waals surface area contributed by atoms with Crippen LogP contribution < -0.4 is 4.80 Å². The van der Waals surface area contributed by atoms with Gasteiger partial charge in [-0.25, -0.2) is 0 Å². The molecular weight excluding hydrogens is 418 g/mol. The molecular formula is C22H23N3O3S2. The Labute approximate surface area is 180 Å². The highest BCUT2D eigenvalue weighted by Gasteiger charge is 2.19. The van der Waals surface area contributed by atoms with E-state index in [1.165, 1.54) is 11.3 Å². The van der Waals surface area contributed by atoms with Crippen molar-refractivity contribution in [3.8, 4) is 0 Å². The second-order valence-electron chi connectivity index (χ2n) is 7.39. The van der Waals surface area contributed by atoms with Crippen molar-refractivity contribution >= 4 is 27.3 Å². The van der Waals surface area contributed by atoms with Gasteiger partial charge in [0.25, 0.3) is 15.9 Å². The SMILES string of the molecule is Cc1ccc(S(=O)(=O)N=c2sccn2Cc2cccc(C(=O)N3CCCC3)c2)cc1. The van der Waals surface area contributed by atoms with Gasteiger partial charge in [-0.3, -0.25) is 4.79 Å². The number of aromatic nitrogens is 1. The zero-order valence-electron chi connectivity index (χ0n) is 16.7. The van der Waals surface area contributed by atoms with Gasteiger partial charge in [0.1, 0.15) is 0 Å². The van der Waals surface area contributed by atoms with Crippen LogP contribution in [0.1, 0.15) is 34.3 Å². The molecule has 0 aliphatic carbocycles. The fraction of sp³-hybridized carbons (Fsp3) is 0.273. The van der Waals surface area contributed by atoms with Crippen molar-refractivity contribution in [1.82, 2.24) is 9.47 Å². The molecule has 0 saturated carbocycles. The second-order valence-corrected chi connectivity index (χ2v) is 9.87. The minimum Gasteiger partial charge on any atom is -0.339 e. The summed E-state index contributed by atoms with van der Waals surface area (Å²) in [6.45, 7) is 3.96. The van der Waals surface area contributed by atoms with Gasteiger partial charge in [0, 0.05) is 36.8 Å². The lowest BCUT2D eigenvalue weighted by Gasteiger charge is -2.15. The van der Waals surface area contributed by atoms with Crippen LogP contribution in [0.2, 0.25) is 0 Å². The van der Waals surface area contributed by atoms with Gasteiger partial charge in [-0.2, -0.15) is 8.42 Å². The fourth-order valence-corrected chi connectivity index (χ4v) is 5.41. The number of thiazole rings is 1. The molecule has 0 spiro atoms. The van der Waals surface area contributed by atoms with Gasteiger partial charge in [0.15, 0.2) is 0 Å². The zero-order chi connectivity index (χ0) is 21.1. The van der Waals surface area contributed by atoms with Crippen molar-refractivity contribution in [1.29, 1.82) is 0 Å². The highest BCUT2D eigenvalue weighted by molar-refractivity contribution is 7.90. The molecule has 0 bridgehead atoms. The van der Waals surface area contributed by atoms with E-state index in [1.54, 1.807) is 28.8 Å². The maximum atomic E-state index is 12.7. The fourth-order valence-electron chi connectivity index (χ4n) is 3.46. The lowest BCUT2D eigenvalue weighted by molar-refractivity contribution is 0.0792. The molecule has 0 radical (unpaired) electrons. The quantitative estimate of drug-likeness (QED) is 0.609. The summed E-state index contributed by atoms with van der Waals surface area (Å²) in [6.07, 6.45) is 3.91. The molecule has 0 N–H and O–H groups in total. The van der Waals surface area contributed by atoms with Crippen molar-refractivity contribution in [2.24, 2.45) is 4.40 Å². The van der Waals surface area contributed by atoms with E-state index in [2.05, 4.69) is 4.40 Å². The Morgan fingerprint density at radius 1 is 1.10 bits per heavy atom. The van der Waals surface area contributed by atoms with Crippen LogP contribution in [-0.2, 0) is 16.6 Å². The van der Waals surface area contributed by atoms with Gasteiger partial charge in [-0.05, 0) is 49.6 Å². The van der Waals surface area contributed by atoms with Crippen molar-refractivity contribution < 1.29 is 13.2 Å². The summed E-state index contributed by atoms with van der Waals surface area (Å²) in [5, 5.41) is 1.81. The summed E-state index contributed by atoms with van der Waals surface area (Å²) in [7, 11) is -3.79. The molecule has 4 rings (SSSR count). The summed E-state index contributed by atoms with van der Waals surface area (Å²) < 4.78 is 31.2. The number of carbonyl (C=O) groups excluding carboxylic acids is 1. The van der Waals surface area contributed by atoms with Crippen molar-refractivity contribution in [3.05, 3.63) is 81.6 Å². The molecule has 6 nitrogen and oxygen atoms in total. The molecule has 1 aliphatic rings. The topological polar surface area (TPSA) is 71.7 Å². The van der Waals surface area contributed by atoms with E-state index in [0.717, 1.165) is 37.1 Å². The first-order valence-electron chi connectivity index (χ1n) is 9.82. The smallest absolute Gasteiger partial charge is 0.285 e. The molecule has 0 atom stereocenters. The van der Waals surface area contributed by atoms with Crippen LogP contribution in [0, 0.1) is 6.92 Å². The molecule has 1 aromatic heterocycles. The molecule has 1 aliphatic heterocycles. The Morgan fingerprint density at radius 2 is 1.83 bits per heavy atom. The van der Waals surface area contributed by atoms with Crippen LogP contribution in [0.3, 0.4) is 0 Å². The van der Waals surface area contributed by atoms with Crippen molar-refractivity contribution in [2.45, 2.75) is 31.2 Å². The standard InChI is InChI=1S/C22H23N3O3S2/c1-17-7-9-20(10-8-17)30(27,28)23-22-25(13-14-29-22)16-18-5-4-6-19(15-18)21(26)24-11-2-3-12-24/h4-10,13-15H,2-3,11-12,16H2,1H3. The molecule has 30 heavy (non-hydrogen) atoms. The summed E-state index contributed by atoms with van der Waals surface area (Å²) in [6, 6.07) is 14.2. The van der Waals surface area contributed by atoms with Crippen LogP contribution in [0.25, 0.3) is 0 Å². The average molecular weight is 442 g/mol. The van der Waals surface area contributed by atoms with Gasteiger partial charge in [0.2, 0.25) is 4.80 Å². The molecule has 2 aromatic carbocycles. The summed E-state index contributed by atoms with van der Waals surface area (Å²) in [5.41, 5.74) is 2.58. The van der Waals surface area contributed by atoms with Crippen LogP contribution >= 0.6 is 11.3 Å². The molecule has 3 aromatic rings. The lowest BCUT2D eigenvalue weighted by Crippen LogP contribution is -2.27. The molecule has 8 heteroatoms. The third-order valence-electron chi connectivity index (χ3n) is 5.10. The molecule has 156 valence electrons. The first-order chi connectivity index (χ1) is 14.4. The largest absolute Gasteiger partial charge is 0.339 e. The number of sulfonamides is 1. The summed E-state index contributed by atoms with van der Waals surface area (Å²) >= 11 is 1.27. The first-order valence-corrected chi connectivity index (χ1v) is 12.1. The number of rotatable bonds is 5. The summed E-state index contributed by atoms with van der Waals surface area (Å²) in [4.78, 5) is 15.1. The Balaban J connectivity index is 1.60. The molecule has 1 amide bonds. The average Bonchev–Trinajstić information content (AvgIpc) is 3.40. The van der Waals surface area contributed by atoms with E-state index in [0.29, 0.717) is 16.9 Å². The molecule has 0 unspecified atom stereocenters. The molecule has 2 heterocycles.